The Hall–Kier alpha value is -0.710. The summed E-state index contributed by atoms with van der Waals surface area (Å²) in [5.41, 5.74) is 0. The minimum absolute atomic E-state index is 0.155. The molecule has 0 aliphatic carbocycles. The first-order valence-electron chi connectivity index (χ1n) is 5.41. The van der Waals surface area contributed by atoms with Crippen molar-refractivity contribution in [3.63, 3.8) is 0 Å². The van der Waals surface area contributed by atoms with E-state index in [9.17, 15) is 13.6 Å². The van der Waals surface area contributed by atoms with Gasteiger partial charge in [-0.1, -0.05) is 0 Å². The van der Waals surface area contributed by atoms with Gasteiger partial charge in [-0.25, -0.2) is 8.78 Å². The molecule has 2 aliphatic rings. The molecule has 0 bridgehead atoms. The quantitative estimate of drug-likeness (QED) is 0.712. The molecule has 0 aromatic rings. The van der Waals surface area contributed by atoms with E-state index < -0.39 is 12.0 Å². The summed E-state index contributed by atoms with van der Waals surface area (Å²) in [7, 11) is 0. The standard InChI is InChI=1S/C10H16F2N2O/c1-7-3-2-4-14(7)9(15)8-5-10(11,12)6-13-8/h7-8,13H,2-6H2,1H3. The van der Waals surface area contributed by atoms with Gasteiger partial charge in [-0.2, -0.15) is 0 Å². The second-order valence-corrected chi connectivity index (χ2v) is 4.52. The van der Waals surface area contributed by atoms with Gasteiger partial charge in [0.1, 0.15) is 0 Å². The fraction of sp³-hybridized carbons (Fsp3) is 0.900. The van der Waals surface area contributed by atoms with Crippen molar-refractivity contribution >= 4 is 5.91 Å². The highest BCUT2D eigenvalue weighted by molar-refractivity contribution is 5.83. The second kappa shape index (κ2) is 3.70. The van der Waals surface area contributed by atoms with E-state index in [1.807, 2.05) is 6.92 Å². The number of carbonyl (C=O) groups excluding carboxylic acids is 1. The predicted octanol–water partition coefficient (Wildman–Crippen LogP) is 0.994. The molecule has 1 N–H and O–H groups in total. The van der Waals surface area contributed by atoms with Gasteiger partial charge in [0.15, 0.2) is 0 Å². The SMILES string of the molecule is CC1CCCN1C(=O)C1CC(F)(F)CN1. The van der Waals surface area contributed by atoms with E-state index >= 15 is 0 Å². The molecule has 2 aliphatic heterocycles. The summed E-state index contributed by atoms with van der Waals surface area (Å²) in [5, 5.41) is 2.60. The van der Waals surface area contributed by atoms with Gasteiger partial charge in [-0.3, -0.25) is 10.1 Å². The third-order valence-electron chi connectivity index (χ3n) is 3.24. The molecule has 2 heterocycles. The lowest BCUT2D eigenvalue weighted by molar-refractivity contribution is -0.134. The predicted molar refractivity (Wildman–Crippen MR) is 51.8 cm³/mol. The first-order valence-corrected chi connectivity index (χ1v) is 5.41. The van der Waals surface area contributed by atoms with E-state index in [4.69, 9.17) is 0 Å². The van der Waals surface area contributed by atoms with Crippen molar-refractivity contribution in [2.24, 2.45) is 0 Å². The van der Waals surface area contributed by atoms with Gasteiger partial charge in [-0.15, -0.1) is 0 Å². The molecule has 2 saturated heterocycles. The highest BCUT2D eigenvalue weighted by Crippen LogP contribution is 2.27. The van der Waals surface area contributed by atoms with Crippen molar-refractivity contribution in [2.75, 3.05) is 13.1 Å². The Morgan fingerprint density at radius 3 is 2.73 bits per heavy atom. The molecule has 3 nitrogen and oxygen atoms in total. The minimum Gasteiger partial charge on any atom is -0.339 e. The van der Waals surface area contributed by atoms with Crippen molar-refractivity contribution in [1.82, 2.24) is 10.2 Å². The fourth-order valence-corrected chi connectivity index (χ4v) is 2.35. The molecule has 2 unspecified atom stereocenters. The molecule has 0 spiro atoms. The van der Waals surface area contributed by atoms with Crippen LogP contribution in [0.2, 0.25) is 0 Å². The molecule has 5 heteroatoms. The molecular formula is C10H16F2N2O. The lowest BCUT2D eigenvalue weighted by atomic mass is 10.1. The molecule has 0 aromatic carbocycles. The number of amides is 1. The Morgan fingerprint density at radius 1 is 1.53 bits per heavy atom. The van der Waals surface area contributed by atoms with E-state index in [2.05, 4.69) is 5.32 Å². The first-order chi connectivity index (χ1) is 6.99. The van der Waals surface area contributed by atoms with Crippen LogP contribution in [0, 0.1) is 0 Å². The summed E-state index contributed by atoms with van der Waals surface area (Å²) in [5.74, 6) is -2.87. The summed E-state index contributed by atoms with van der Waals surface area (Å²) >= 11 is 0. The summed E-state index contributed by atoms with van der Waals surface area (Å²) < 4.78 is 25.8. The normalized spacial score (nSPS) is 34.7. The number of alkyl halides is 2. The summed E-state index contributed by atoms with van der Waals surface area (Å²) in [4.78, 5) is 13.6. The van der Waals surface area contributed by atoms with Gasteiger partial charge in [-0.05, 0) is 19.8 Å². The number of nitrogens with one attached hydrogen (secondary N) is 1. The zero-order valence-corrected chi connectivity index (χ0v) is 8.80. The number of hydrogen-bond donors (Lipinski definition) is 1. The van der Waals surface area contributed by atoms with Gasteiger partial charge >= 0.3 is 0 Å². The average molecular weight is 218 g/mol. The van der Waals surface area contributed by atoms with Gasteiger partial charge < -0.3 is 4.90 Å². The van der Waals surface area contributed by atoms with Gasteiger partial charge in [0.2, 0.25) is 5.91 Å². The van der Waals surface area contributed by atoms with E-state index in [-0.39, 0.29) is 24.9 Å². The fourth-order valence-electron chi connectivity index (χ4n) is 2.35. The summed E-state index contributed by atoms with van der Waals surface area (Å²) in [6.07, 6.45) is 1.61. The molecule has 15 heavy (non-hydrogen) atoms. The summed E-state index contributed by atoms with van der Waals surface area (Å²) in [6.45, 7) is 2.31. The highest BCUT2D eigenvalue weighted by Gasteiger charge is 2.44. The molecule has 2 rings (SSSR count). The van der Waals surface area contributed by atoms with Crippen molar-refractivity contribution in [3.05, 3.63) is 0 Å². The number of nitrogens with zero attached hydrogens (tertiary/aromatic N) is 1. The highest BCUT2D eigenvalue weighted by atomic mass is 19.3. The smallest absolute Gasteiger partial charge is 0.262 e. The van der Waals surface area contributed by atoms with Crippen LogP contribution in [-0.2, 0) is 4.79 Å². The molecule has 1 amide bonds. The Labute approximate surface area is 87.8 Å². The van der Waals surface area contributed by atoms with Crippen LogP contribution < -0.4 is 5.32 Å². The van der Waals surface area contributed by atoms with Gasteiger partial charge in [0.25, 0.3) is 5.92 Å². The lowest BCUT2D eigenvalue weighted by Gasteiger charge is -2.24. The maximum atomic E-state index is 12.9. The van der Waals surface area contributed by atoms with Crippen molar-refractivity contribution in [3.8, 4) is 0 Å². The largest absolute Gasteiger partial charge is 0.339 e. The first kappa shape index (κ1) is 10.8. The van der Waals surface area contributed by atoms with Crippen molar-refractivity contribution in [1.29, 1.82) is 0 Å². The minimum atomic E-state index is -2.72. The molecule has 0 radical (unpaired) electrons. The van der Waals surface area contributed by atoms with Crippen LogP contribution in [0.1, 0.15) is 26.2 Å². The van der Waals surface area contributed by atoms with Crippen LogP contribution in [0.4, 0.5) is 8.78 Å². The Morgan fingerprint density at radius 2 is 2.27 bits per heavy atom. The van der Waals surface area contributed by atoms with E-state index in [0.717, 1.165) is 12.8 Å². The molecule has 2 atom stereocenters. The lowest BCUT2D eigenvalue weighted by Crippen LogP contribution is -2.44. The maximum Gasteiger partial charge on any atom is 0.262 e. The monoisotopic (exact) mass is 218 g/mol. The third kappa shape index (κ3) is 2.12. The zero-order chi connectivity index (χ0) is 11.1. The molecular weight excluding hydrogens is 202 g/mol. The molecule has 0 aromatic heterocycles. The second-order valence-electron chi connectivity index (χ2n) is 4.52. The van der Waals surface area contributed by atoms with Crippen molar-refractivity contribution < 1.29 is 13.6 Å². The van der Waals surface area contributed by atoms with Crippen LogP contribution in [0.3, 0.4) is 0 Å². The topological polar surface area (TPSA) is 32.3 Å². The molecule has 0 saturated carbocycles. The Kier molecular flexibility index (Phi) is 2.66. The average Bonchev–Trinajstić information content (AvgIpc) is 2.71. The van der Waals surface area contributed by atoms with Crippen LogP contribution in [0.25, 0.3) is 0 Å². The van der Waals surface area contributed by atoms with Gasteiger partial charge in [0.05, 0.1) is 12.6 Å². The van der Waals surface area contributed by atoms with Crippen LogP contribution >= 0.6 is 0 Å². The number of carbonyl (C=O) groups is 1. The van der Waals surface area contributed by atoms with E-state index in [1.54, 1.807) is 4.90 Å². The number of halogens is 2. The van der Waals surface area contributed by atoms with Crippen LogP contribution in [-0.4, -0.2) is 41.9 Å². The van der Waals surface area contributed by atoms with Crippen LogP contribution in [0.5, 0.6) is 0 Å². The Balaban J connectivity index is 1.97. The maximum absolute atomic E-state index is 12.9. The van der Waals surface area contributed by atoms with Crippen molar-refractivity contribution in [2.45, 2.75) is 44.2 Å². The van der Waals surface area contributed by atoms with Gasteiger partial charge in [0, 0.05) is 19.0 Å². The molecule has 2 fully saturated rings. The third-order valence-corrected chi connectivity index (χ3v) is 3.24. The molecule has 86 valence electrons. The number of rotatable bonds is 1. The Bertz CT molecular complexity index is 270. The summed E-state index contributed by atoms with van der Waals surface area (Å²) in [6, 6.07) is -0.478. The van der Waals surface area contributed by atoms with E-state index in [0.29, 0.717) is 6.54 Å². The van der Waals surface area contributed by atoms with E-state index in [1.165, 1.54) is 0 Å². The zero-order valence-electron chi connectivity index (χ0n) is 8.80. The van der Waals surface area contributed by atoms with Crippen LogP contribution in [0.15, 0.2) is 0 Å². The number of likely N-dealkylation sites (tertiary alicyclic amines) is 1. The number of hydrogen-bond acceptors (Lipinski definition) is 2.